The predicted molar refractivity (Wildman–Crippen MR) is 118 cm³/mol. The van der Waals surface area contributed by atoms with Crippen LogP contribution in [0.15, 0.2) is 104 Å². The Bertz CT molecular complexity index is 872. The van der Waals surface area contributed by atoms with E-state index < -0.39 is 11.5 Å². The molecule has 0 fully saturated rings. The van der Waals surface area contributed by atoms with Crippen molar-refractivity contribution in [1.82, 2.24) is 5.32 Å². The van der Waals surface area contributed by atoms with Crippen LogP contribution in [-0.2, 0) is 19.9 Å². The minimum atomic E-state index is -0.883. The number of ether oxygens (including phenoxy) is 1. The molecule has 0 unspecified atom stereocenters. The van der Waals surface area contributed by atoms with E-state index in [1.165, 1.54) is 6.08 Å². The second-order valence-corrected chi connectivity index (χ2v) is 6.87. The van der Waals surface area contributed by atoms with Gasteiger partial charge in [0.25, 0.3) is 0 Å². The zero-order chi connectivity index (χ0) is 21.2. The maximum Gasteiger partial charge on any atom is 0.306 e. The highest BCUT2D eigenvalue weighted by Gasteiger charge is 2.37. The first kappa shape index (κ1) is 21.1. The first-order chi connectivity index (χ1) is 14.7. The topological polar surface area (TPSA) is 55.4 Å². The van der Waals surface area contributed by atoms with Crippen LogP contribution in [0, 0.1) is 0 Å². The summed E-state index contributed by atoms with van der Waals surface area (Å²) in [6.07, 6.45) is 1.54. The summed E-state index contributed by atoms with van der Waals surface area (Å²) in [5.41, 5.74) is 1.92. The maximum atomic E-state index is 13.0. The average molecular weight is 399 g/mol. The second-order valence-electron chi connectivity index (χ2n) is 6.87. The standard InChI is InChI=1S/C26H25NO3/c1-2-20-30-25(29)19-18-24(28)27-26(21-12-6-3-7-13-21,22-14-8-4-9-15-22)23-16-10-5-11-17-23/h2-17H,1,18-20H2,(H,27,28). The molecule has 1 N–H and O–H groups in total. The zero-order valence-electron chi connectivity index (χ0n) is 16.8. The van der Waals surface area contributed by atoms with E-state index in [9.17, 15) is 9.59 Å². The Balaban J connectivity index is 2.00. The summed E-state index contributed by atoms with van der Waals surface area (Å²) in [4.78, 5) is 24.8. The molecule has 4 heteroatoms. The van der Waals surface area contributed by atoms with Crippen LogP contribution in [0.1, 0.15) is 29.5 Å². The summed E-state index contributed by atoms with van der Waals surface area (Å²) in [7, 11) is 0. The Morgan fingerprint density at radius 2 is 1.20 bits per heavy atom. The van der Waals surface area contributed by atoms with Gasteiger partial charge in [-0.05, 0) is 16.7 Å². The number of carbonyl (C=O) groups excluding carboxylic acids is 2. The molecule has 0 aromatic heterocycles. The van der Waals surface area contributed by atoms with Gasteiger partial charge in [0.1, 0.15) is 12.1 Å². The molecule has 0 aliphatic heterocycles. The molecule has 0 bridgehead atoms. The molecule has 0 atom stereocenters. The fourth-order valence-electron chi connectivity index (χ4n) is 3.49. The van der Waals surface area contributed by atoms with E-state index in [1.807, 2.05) is 91.0 Å². The van der Waals surface area contributed by atoms with Gasteiger partial charge in [-0.2, -0.15) is 0 Å². The molecule has 0 saturated heterocycles. The van der Waals surface area contributed by atoms with Gasteiger partial charge in [0.15, 0.2) is 0 Å². The molecular formula is C26H25NO3. The molecule has 152 valence electrons. The predicted octanol–water partition coefficient (Wildman–Crippen LogP) is 4.60. The van der Waals surface area contributed by atoms with E-state index in [0.29, 0.717) is 0 Å². The van der Waals surface area contributed by atoms with Gasteiger partial charge in [-0.15, -0.1) is 0 Å². The summed E-state index contributed by atoms with van der Waals surface area (Å²) < 4.78 is 4.99. The fourth-order valence-corrected chi connectivity index (χ4v) is 3.49. The molecule has 3 rings (SSSR count). The highest BCUT2D eigenvalue weighted by Crippen LogP contribution is 2.36. The van der Waals surface area contributed by atoms with E-state index in [0.717, 1.165) is 16.7 Å². The number of benzene rings is 3. The van der Waals surface area contributed by atoms with Gasteiger partial charge in [-0.3, -0.25) is 9.59 Å². The fraction of sp³-hybridized carbons (Fsp3) is 0.154. The van der Waals surface area contributed by atoms with Crippen molar-refractivity contribution >= 4 is 11.9 Å². The monoisotopic (exact) mass is 399 g/mol. The molecule has 0 saturated carbocycles. The largest absolute Gasteiger partial charge is 0.461 e. The van der Waals surface area contributed by atoms with Crippen molar-refractivity contribution in [2.45, 2.75) is 18.4 Å². The summed E-state index contributed by atoms with van der Waals surface area (Å²) in [6, 6.07) is 29.5. The second kappa shape index (κ2) is 10.2. The maximum absolute atomic E-state index is 13.0. The summed E-state index contributed by atoms with van der Waals surface area (Å²) in [6.45, 7) is 3.66. The van der Waals surface area contributed by atoms with Crippen LogP contribution in [0.4, 0.5) is 0 Å². The average Bonchev–Trinajstić information content (AvgIpc) is 2.81. The van der Waals surface area contributed by atoms with Crippen molar-refractivity contribution in [2.24, 2.45) is 0 Å². The van der Waals surface area contributed by atoms with Crippen LogP contribution < -0.4 is 5.32 Å². The van der Waals surface area contributed by atoms with Gasteiger partial charge in [0.2, 0.25) is 5.91 Å². The van der Waals surface area contributed by atoms with Crippen LogP contribution in [0.5, 0.6) is 0 Å². The van der Waals surface area contributed by atoms with Gasteiger partial charge < -0.3 is 10.1 Å². The minimum Gasteiger partial charge on any atom is -0.461 e. The molecular weight excluding hydrogens is 374 g/mol. The molecule has 1 amide bonds. The number of hydrogen-bond acceptors (Lipinski definition) is 3. The third-order valence-electron chi connectivity index (χ3n) is 4.87. The Labute approximate surface area is 177 Å². The molecule has 4 nitrogen and oxygen atoms in total. The molecule has 0 heterocycles. The summed E-state index contributed by atoms with van der Waals surface area (Å²) in [5.74, 6) is -0.656. The zero-order valence-corrected chi connectivity index (χ0v) is 16.8. The van der Waals surface area contributed by atoms with Crippen molar-refractivity contribution in [1.29, 1.82) is 0 Å². The van der Waals surface area contributed by atoms with Crippen molar-refractivity contribution < 1.29 is 14.3 Å². The van der Waals surface area contributed by atoms with Crippen LogP contribution >= 0.6 is 0 Å². The summed E-state index contributed by atoms with van der Waals surface area (Å²) in [5, 5.41) is 3.22. The first-order valence-electron chi connectivity index (χ1n) is 9.91. The number of hydrogen-bond donors (Lipinski definition) is 1. The third kappa shape index (κ3) is 4.84. The molecule has 3 aromatic carbocycles. The molecule has 0 aliphatic carbocycles. The number of rotatable bonds is 9. The molecule has 3 aromatic rings. The SMILES string of the molecule is C=CCOC(=O)CCC(=O)NC(c1ccccc1)(c1ccccc1)c1ccccc1. The van der Waals surface area contributed by atoms with Crippen molar-refractivity contribution in [2.75, 3.05) is 6.61 Å². The Hall–Kier alpha value is -3.66. The third-order valence-corrected chi connectivity index (χ3v) is 4.87. The van der Waals surface area contributed by atoms with E-state index in [1.54, 1.807) is 0 Å². The Morgan fingerprint density at radius 3 is 1.60 bits per heavy atom. The normalized spacial score (nSPS) is 10.8. The number of amides is 1. The lowest BCUT2D eigenvalue weighted by Gasteiger charge is -2.37. The Kier molecular flexibility index (Phi) is 7.17. The van der Waals surface area contributed by atoms with E-state index in [-0.39, 0.29) is 25.4 Å². The van der Waals surface area contributed by atoms with E-state index in [4.69, 9.17) is 4.74 Å². The van der Waals surface area contributed by atoms with Crippen molar-refractivity contribution in [3.05, 3.63) is 120 Å². The van der Waals surface area contributed by atoms with Gasteiger partial charge in [0.05, 0.1) is 6.42 Å². The lowest BCUT2D eigenvalue weighted by atomic mass is 9.77. The van der Waals surface area contributed by atoms with Crippen molar-refractivity contribution in [3.63, 3.8) is 0 Å². The highest BCUT2D eigenvalue weighted by atomic mass is 16.5. The van der Waals surface area contributed by atoms with E-state index >= 15 is 0 Å². The molecule has 0 aliphatic rings. The summed E-state index contributed by atoms with van der Waals surface area (Å²) >= 11 is 0. The quantitative estimate of drug-likeness (QED) is 0.325. The molecule has 0 spiro atoms. The number of nitrogens with one attached hydrogen (secondary N) is 1. The first-order valence-corrected chi connectivity index (χ1v) is 9.91. The molecule has 0 radical (unpaired) electrons. The van der Waals surface area contributed by atoms with Gasteiger partial charge in [0, 0.05) is 6.42 Å². The van der Waals surface area contributed by atoms with Gasteiger partial charge in [-0.25, -0.2) is 0 Å². The number of carbonyl (C=O) groups is 2. The van der Waals surface area contributed by atoms with Crippen LogP contribution in [0.3, 0.4) is 0 Å². The van der Waals surface area contributed by atoms with Gasteiger partial charge >= 0.3 is 5.97 Å². The van der Waals surface area contributed by atoms with Crippen LogP contribution in [0.25, 0.3) is 0 Å². The highest BCUT2D eigenvalue weighted by molar-refractivity contribution is 5.83. The molecule has 30 heavy (non-hydrogen) atoms. The lowest BCUT2D eigenvalue weighted by Crippen LogP contribution is -2.47. The minimum absolute atomic E-state index is 0.00806. The van der Waals surface area contributed by atoms with Crippen LogP contribution in [0.2, 0.25) is 0 Å². The lowest BCUT2D eigenvalue weighted by molar-refractivity contribution is -0.143. The van der Waals surface area contributed by atoms with Crippen molar-refractivity contribution in [3.8, 4) is 0 Å². The smallest absolute Gasteiger partial charge is 0.306 e. The van der Waals surface area contributed by atoms with E-state index in [2.05, 4.69) is 11.9 Å². The van der Waals surface area contributed by atoms with Gasteiger partial charge in [-0.1, -0.05) is 104 Å². The van der Waals surface area contributed by atoms with Crippen LogP contribution in [-0.4, -0.2) is 18.5 Å². The Morgan fingerprint density at radius 1 is 0.767 bits per heavy atom. The number of esters is 1.